The first kappa shape index (κ1) is 19.3. The Morgan fingerprint density at radius 2 is 1.31 bits per heavy atom. The number of nitrogens with one attached hydrogen (secondary N) is 1. The van der Waals surface area contributed by atoms with Crippen LogP contribution in [0.4, 0.5) is 0 Å². The number of amidine groups is 1. The fourth-order valence-electron chi connectivity index (χ4n) is 3.40. The van der Waals surface area contributed by atoms with Gasteiger partial charge in [-0.1, -0.05) is 24.3 Å². The van der Waals surface area contributed by atoms with E-state index in [0.717, 1.165) is 17.0 Å². The number of hydrogen-bond donors (Lipinski definition) is 3. The van der Waals surface area contributed by atoms with E-state index in [1.165, 1.54) is 10.1 Å². The Hall–Kier alpha value is -1.47. The van der Waals surface area contributed by atoms with Crippen LogP contribution in [0.5, 0.6) is 0 Å². The monoisotopic (exact) mass is 360 g/mol. The number of benzene rings is 1. The molecule has 0 aromatic heterocycles. The van der Waals surface area contributed by atoms with Gasteiger partial charge in [0.05, 0.1) is 22.2 Å². The molecule has 0 saturated carbocycles. The van der Waals surface area contributed by atoms with Crippen molar-refractivity contribution in [1.82, 2.24) is 15.4 Å². The van der Waals surface area contributed by atoms with Crippen LogP contribution in [0.1, 0.15) is 72.7 Å². The Bertz CT molecular complexity index is 715. The molecule has 0 atom stereocenters. The zero-order valence-corrected chi connectivity index (χ0v) is 17.1. The van der Waals surface area contributed by atoms with Crippen molar-refractivity contribution >= 4 is 5.84 Å². The Balaban J connectivity index is 1.90. The summed E-state index contributed by atoms with van der Waals surface area (Å²) in [6.45, 7) is 16.2. The Labute approximate surface area is 156 Å². The van der Waals surface area contributed by atoms with Crippen molar-refractivity contribution in [2.24, 2.45) is 4.99 Å². The van der Waals surface area contributed by atoms with Crippen LogP contribution in [0.2, 0.25) is 0 Å². The van der Waals surface area contributed by atoms with Crippen LogP contribution >= 0.6 is 0 Å². The summed E-state index contributed by atoms with van der Waals surface area (Å²) >= 11 is 0. The highest BCUT2D eigenvalue weighted by Gasteiger charge is 2.58. The van der Waals surface area contributed by atoms with Gasteiger partial charge in [0, 0.05) is 5.56 Å². The Kier molecular flexibility index (Phi) is 4.09. The van der Waals surface area contributed by atoms with Crippen molar-refractivity contribution in [2.45, 2.75) is 83.7 Å². The summed E-state index contributed by atoms with van der Waals surface area (Å²) in [4.78, 5) is 4.83. The van der Waals surface area contributed by atoms with Crippen LogP contribution in [0.3, 0.4) is 0 Å². The molecule has 0 bridgehead atoms. The summed E-state index contributed by atoms with van der Waals surface area (Å²) < 4.78 is 0. The van der Waals surface area contributed by atoms with E-state index in [2.05, 4.69) is 33.0 Å². The smallest absolute Gasteiger partial charge is 0.136 e. The number of aliphatic imine (C=N–C) groups is 1. The number of hydrogen-bond acceptors (Lipinski definition) is 6. The van der Waals surface area contributed by atoms with Gasteiger partial charge in [-0.15, -0.1) is 0 Å². The van der Waals surface area contributed by atoms with Gasteiger partial charge in [-0.3, -0.25) is 4.99 Å². The second-order valence-electron chi connectivity index (χ2n) is 9.57. The van der Waals surface area contributed by atoms with Gasteiger partial charge in [0.25, 0.3) is 0 Å². The first-order valence-electron chi connectivity index (χ1n) is 9.17. The van der Waals surface area contributed by atoms with Crippen molar-refractivity contribution < 1.29 is 10.4 Å². The number of nitrogens with zero attached hydrogens (tertiary/aromatic N) is 3. The lowest BCUT2D eigenvalue weighted by Gasteiger charge is -2.37. The molecule has 0 unspecified atom stereocenters. The van der Waals surface area contributed by atoms with E-state index in [1.54, 1.807) is 0 Å². The van der Waals surface area contributed by atoms with Gasteiger partial charge in [0.15, 0.2) is 0 Å². The average molecular weight is 361 g/mol. The van der Waals surface area contributed by atoms with Gasteiger partial charge >= 0.3 is 0 Å². The largest absolute Gasteiger partial charge is 0.363 e. The highest BCUT2D eigenvalue weighted by Crippen LogP contribution is 2.47. The van der Waals surface area contributed by atoms with Gasteiger partial charge in [-0.2, -0.15) is 10.1 Å². The number of hydroxylamine groups is 4. The normalized spacial score (nSPS) is 27.4. The lowest BCUT2D eigenvalue weighted by atomic mass is 9.84. The molecule has 0 aliphatic carbocycles. The van der Waals surface area contributed by atoms with Crippen LogP contribution in [-0.2, 0) is 0 Å². The molecule has 3 N–H and O–H groups in total. The van der Waals surface area contributed by atoms with Crippen LogP contribution < -0.4 is 5.32 Å². The third kappa shape index (κ3) is 2.51. The molecule has 3 rings (SSSR count). The van der Waals surface area contributed by atoms with Gasteiger partial charge in [-0.25, -0.2) is 0 Å². The highest BCUT2D eigenvalue weighted by atomic mass is 16.6. The third-order valence-electron chi connectivity index (χ3n) is 6.94. The van der Waals surface area contributed by atoms with Crippen LogP contribution in [0.25, 0.3) is 0 Å². The van der Waals surface area contributed by atoms with Crippen molar-refractivity contribution in [2.75, 3.05) is 0 Å². The summed E-state index contributed by atoms with van der Waals surface area (Å²) in [7, 11) is 0. The molecule has 0 radical (unpaired) electrons. The van der Waals surface area contributed by atoms with E-state index >= 15 is 0 Å². The third-order valence-corrected chi connectivity index (χ3v) is 6.94. The molecule has 6 heteroatoms. The summed E-state index contributed by atoms with van der Waals surface area (Å²) in [6.07, 6.45) is -0.611. The molecule has 0 spiro atoms. The molecule has 1 fully saturated rings. The quantitative estimate of drug-likeness (QED) is 0.752. The maximum absolute atomic E-state index is 10.7. The molecule has 1 aromatic rings. The van der Waals surface area contributed by atoms with Crippen LogP contribution in [0.15, 0.2) is 29.3 Å². The van der Waals surface area contributed by atoms with Gasteiger partial charge < -0.3 is 15.7 Å². The summed E-state index contributed by atoms with van der Waals surface area (Å²) in [5.74, 6) is 0.875. The highest BCUT2D eigenvalue weighted by molar-refractivity contribution is 6.01. The molecule has 6 nitrogen and oxygen atoms in total. The molecule has 26 heavy (non-hydrogen) atoms. The van der Waals surface area contributed by atoms with E-state index in [1.807, 2.05) is 52.0 Å². The Morgan fingerprint density at radius 1 is 0.846 bits per heavy atom. The maximum atomic E-state index is 10.7. The lowest BCUT2D eigenvalue weighted by molar-refractivity contribution is -0.223. The maximum Gasteiger partial charge on any atom is 0.136 e. The fourth-order valence-corrected chi connectivity index (χ4v) is 3.40. The second kappa shape index (κ2) is 5.52. The van der Waals surface area contributed by atoms with E-state index in [0.29, 0.717) is 0 Å². The average Bonchev–Trinajstić information content (AvgIpc) is 2.81. The minimum absolute atomic E-state index is 0.121. The minimum atomic E-state index is -0.611. The predicted octanol–water partition coefficient (Wildman–Crippen LogP) is 3.55. The molecule has 2 heterocycles. The number of rotatable bonds is 2. The SMILES string of the molecule is CC1(C)N=C(c2ccc(C3N(O)C(C)(C)C(C)(C)N3O)cc2)NC1(C)C. The summed E-state index contributed by atoms with van der Waals surface area (Å²) in [5.41, 5.74) is 0.313. The van der Waals surface area contributed by atoms with E-state index in [4.69, 9.17) is 4.99 Å². The topological polar surface area (TPSA) is 71.3 Å². The van der Waals surface area contributed by atoms with Crippen molar-refractivity contribution in [3.8, 4) is 0 Å². The minimum Gasteiger partial charge on any atom is -0.363 e. The zero-order chi connectivity index (χ0) is 19.7. The molecular weight excluding hydrogens is 328 g/mol. The molecule has 144 valence electrons. The van der Waals surface area contributed by atoms with Crippen molar-refractivity contribution in [3.63, 3.8) is 0 Å². The molecule has 2 aliphatic heterocycles. The zero-order valence-electron chi connectivity index (χ0n) is 17.1. The first-order chi connectivity index (χ1) is 11.7. The van der Waals surface area contributed by atoms with Gasteiger partial charge in [0.1, 0.15) is 12.0 Å². The molecular formula is C20H32N4O2. The van der Waals surface area contributed by atoms with Crippen molar-refractivity contribution in [1.29, 1.82) is 0 Å². The predicted molar refractivity (Wildman–Crippen MR) is 102 cm³/mol. The molecule has 0 amide bonds. The molecule has 1 saturated heterocycles. The second-order valence-corrected chi connectivity index (χ2v) is 9.57. The summed E-state index contributed by atoms with van der Waals surface area (Å²) in [5, 5.41) is 27.4. The van der Waals surface area contributed by atoms with Gasteiger partial charge in [-0.05, 0) is 61.0 Å². The van der Waals surface area contributed by atoms with Crippen LogP contribution in [0, 0.1) is 0 Å². The van der Waals surface area contributed by atoms with E-state index in [9.17, 15) is 10.4 Å². The molecule has 1 aromatic carbocycles. The lowest BCUT2D eigenvalue weighted by Crippen LogP contribution is -2.52. The van der Waals surface area contributed by atoms with E-state index in [-0.39, 0.29) is 11.1 Å². The van der Waals surface area contributed by atoms with E-state index < -0.39 is 17.2 Å². The fraction of sp³-hybridized carbons (Fsp3) is 0.650. The standard InChI is InChI=1S/C20H32N4O2/c1-17(2)18(3,4)22-15(21-17)13-9-11-14(12-10-13)16-23(25)19(5,6)20(7,8)24(16)26/h9-12,16,25-26H,1-8H3,(H,21,22). The Morgan fingerprint density at radius 3 is 1.69 bits per heavy atom. The molecule has 2 aliphatic rings. The van der Waals surface area contributed by atoms with Crippen LogP contribution in [-0.4, -0.2) is 48.5 Å². The van der Waals surface area contributed by atoms with Gasteiger partial charge in [0.2, 0.25) is 0 Å². The van der Waals surface area contributed by atoms with Crippen molar-refractivity contribution in [3.05, 3.63) is 35.4 Å². The summed E-state index contributed by atoms with van der Waals surface area (Å²) in [6, 6.07) is 7.84. The first-order valence-corrected chi connectivity index (χ1v) is 9.17.